The molecular weight excluding hydrogens is 558 g/mol. The van der Waals surface area contributed by atoms with Gasteiger partial charge < -0.3 is 5.32 Å². The average Bonchev–Trinajstić information content (AvgIpc) is 3.19. The van der Waals surface area contributed by atoms with Crippen molar-refractivity contribution in [1.82, 2.24) is 5.01 Å². The number of nitrogens with one attached hydrogen (secondary N) is 1. The second-order valence-corrected chi connectivity index (χ2v) is 13.3. The molecule has 6 rings (SSSR count). The monoisotopic (exact) mass is 601 g/mol. The zero-order chi connectivity index (χ0) is 31.4. The minimum Gasteiger partial charge on any atom is -0.326 e. The second-order valence-electron chi connectivity index (χ2n) is 13.3. The molecule has 0 unspecified atom stereocenters. The Morgan fingerprint density at radius 1 is 0.933 bits per heavy atom. The van der Waals surface area contributed by atoms with Crippen LogP contribution in [0.15, 0.2) is 84.0 Å². The molecular formula is C38H43N5O2. The van der Waals surface area contributed by atoms with Crippen LogP contribution in [0.3, 0.4) is 0 Å². The lowest BCUT2D eigenvalue weighted by Gasteiger charge is -2.39. The summed E-state index contributed by atoms with van der Waals surface area (Å²) in [5.41, 5.74) is 4.76. The van der Waals surface area contributed by atoms with E-state index in [9.17, 15) is 14.9 Å². The fraction of sp³-hybridized carbons (Fsp3) is 0.421. The maximum atomic E-state index is 14.7. The smallest absolute Gasteiger partial charge is 0.326 e. The molecule has 3 amide bonds. The van der Waals surface area contributed by atoms with Crippen LogP contribution in [0.2, 0.25) is 0 Å². The number of nitrogens with zero attached hydrogens (tertiary/aromatic N) is 4. The highest BCUT2D eigenvalue weighted by Crippen LogP contribution is 2.43. The summed E-state index contributed by atoms with van der Waals surface area (Å²) in [6, 6.07) is 28.1. The molecule has 7 nitrogen and oxygen atoms in total. The first kappa shape index (κ1) is 30.6. The van der Waals surface area contributed by atoms with Crippen LogP contribution in [0, 0.1) is 23.2 Å². The number of nitriles is 1. The summed E-state index contributed by atoms with van der Waals surface area (Å²) in [6.45, 7) is 4.05. The maximum absolute atomic E-state index is 14.7. The Kier molecular flexibility index (Phi) is 9.02. The highest BCUT2D eigenvalue weighted by atomic mass is 16.2. The Hall–Kier alpha value is -4.44. The van der Waals surface area contributed by atoms with Gasteiger partial charge in [-0.15, -0.1) is 0 Å². The molecule has 232 valence electrons. The van der Waals surface area contributed by atoms with Crippen LogP contribution in [-0.4, -0.2) is 28.7 Å². The molecule has 0 bridgehead atoms. The molecule has 2 saturated carbocycles. The molecule has 0 atom stereocenters. The Morgan fingerprint density at radius 3 is 2.27 bits per heavy atom. The number of carbonyl (C=O) groups is 2. The number of para-hydroxylation sites is 1. The number of hydrazone groups is 1. The number of hydrogen-bond acceptors (Lipinski definition) is 4. The van der Waals surface area contributed by atoms with Crippen molar-refractivity contribution in [3.05, 3.63) is 90.0 Å². The van der Waals surface area contributed by atoms with Crippen molar-refractivity contribution in [1.29, 1.82) is 5.26 Å². The Balaban J connectivity index is 1.36. The fourth-order valence-electron chi connectivity index (χ4n) is 7.31. The van der Waals surface area contributed by atoms with Gasteiger partial charge in [0, 0.05) is 23.6 Å². The number of anilines is 3. The van der Waals surface area contributed by atoms with E-state index in [1.165, 1.54) is 19.3 Å². The molecule has 45 heavy (non-hydrogen) atoms. The second kappa shape index (κ2) is 13.3. The molecule has 1 N–H and O–H groups in total. The van der Waals surface area contributed by atoms with Crippen LogP contribution in [0.1, 0.15) is 89.2 Å². The van der Waals surface area contributed by atoms with Crippen molar-refractivity contribution in [2.75, 3.05) is 10.2 Å². The Labute approximate surface area is 266 Å². The topological polar surface area (TPSA) is 88.8 Å². The third-order valence-corrected chi connectivity index (χ3v) is 9.71. The zero-order valence-electron chi connectivity index (χ0n) is 26.4. The van der Waals surface area contributed by atoms with E-state index < -0.39 is 5.41 Å². The summed E-state index contributed by atoms with van der Waals surface area (Å²) in [6.07, 6.45) is 8.89. The van der Waals surface area contributed by atoms with E-state index in [1.807, 2.05) is 86.6 Å². The number of amides is 3. The molecule has 0 radical (unpaired) electrons. The average molecular weight is 602 g/mol. The number of benzene rings is 3. The molecule has 0 aromatic heterocycles. The van der Waals surface area contributed by atoms with E-state index >= 15 is 0 Å². The minimum atomic E-state index is -0.555. The van der Waals surface area contributed by atoms with Crippen LogP contribution >= 0.6 is 0 Å². The number of fused-ring (bicyclic) bond motifs is 1. The van der Waals surface area contributed by atoms with Crippen molar-refractivity contribution < 1.29 is 9.59 Å². The van der Waals surface area contributed by atoms with Crippen molar-refractivity contribution in [3.8, 4) is 6.07 Å². The first-order valence-electron chi connectivity index (χ1n) is 16.6. The lowest BCUT2D eigenvalue weighted by atomic mass is 9.69. The summed E-state index contributed by atoms with van der Waals surface area (Å²) < 4.78 is 0. The summed E-state index contributed by atoms with van der Waals surface area (Å²) in [7, 11) is 0. The fourth-order valence-corrected chi connectivity index (χ4v) is 7.31. The molecule has 1 heterocycles. The molecule has 3 aromatic rings. The molecule has 2 fully saturated rings. The number of urea groups is 1. The molecule has 0 spiro atoms. The van der Waals surface area contributed by atoms with E-state index in [0.29, 0.717) is 43.7 Å². The summed E-state index contributed by atoms with van der Waals surface area (Å²) in [4.78, 5) is 28.9. The van der Waals surface area contributed by atoms with Crippen LogP contribution in [0.5, 0.6) is 0 Å². The zero-order valence-corrected chi connectivity index (χ0v) is 26.4. The molecule has 7 heteroatoms. The van der Waals surface area contributed by atoms with Crippen LogP contribution < -0.4 is 10.2 Å². The van der Waals surface area contributed by atoms with Crippen molar-refractivity contribution in [2.24, 2.45) is 16.9 Å². The third kappa shape index (κ3) is 6.38. The molecule has 1 aliphatic heterocycles. The Morgan fingerprint density at radius 2 is 1.60 bits per heavy atom. The normalized spacial score (nSPS) is 22.3. The van der Waals surface area contributed by atoms with Gasteiger partial charge in [-0.25, -0.2) is 9.80 Å². The van der Waals surface area contributed by atoms with Crippen molar-refractivity contribution in [3.63, 3.8) is 0 Å². The van der Waals surface area contributed by atoms with E-state index in [0.717, 1.165) is 41.1 Å². The van der Waals surface area contributed by atoms with Gasteiger partial charge >= 0.3 is 6.03 Å². The van der Waals surface area contributed by atoms with E-state index in [4.69, 9.17) is 5.10 Å². The summed E-state index contributed by atoms with van der Waals surface area (Å²) >= 11 is 0. The predicted molar refractivity (Wildman–Crippen MR) is 179 cm³/mol. The molecule has 3 aliphatic rings. The predicted octanol–water partition coefficient (Wildman–Crippen LogP) is 8.93. The van der Waals surface area contributed by atoms with E-state index in [1.54, 1.807) is 9.91 Å². The lowest BCUT2D eigenvalue weighted by molar-refractivity contribution is -0.116. The van der Waals surface area contributed by atoms with Gasteiger partial charge in [0.25, 0.3) is 0 Å². The number of carbonyl (C=O) groups excluding carboxylic acids is 2. The number of hydrogen-bond donors (Lipinski definition) is 1. The number of rotatable bonds is 7. The van der Waals surface area contributed by atoms with Crippen molar-refractivity contribution in [2.45, 2.75) is 89.5 Å². The van der Waals surface area contributed by atoms with Gasteiger partial charge in [0.1, 0.15) is 0 Å². The molecule has 3 aromatic carbocycles. The first-order valence-corrected chi connectivity index (χ1v) is 16.6. The Bertz CT molecular complexity index is 1580. The maximum Gasteiger partial charge on any atom is 0.349 e. The molecule has 2 aliphatic carbocycles. The summed E-state index contributed by atoms with van der Waals surface area (Å²) in [5.74, 6) is 0.539. The van der Waals surface area contributed by atoms with E-state index in [2.05, 4.69) is 17.5 Å². The van der Waals surface area contributed by atoms with Gasteiger partial charge in [-0.05, 0) is 80.3 Å². The van der Waals surface area contributed by atoms with Gasteiger partial charge in [0.2, 0.25) is 5.91 Å². The van der Waals surface area contributed by atoms with Crippen LogP contribution in [0.4, 0.5) is 21.9 Å². The van der Waals surface area contributed by atoms with Crippen LogP contribution in [-0.2, 0) is 10.2 Å². The standard InChI is InChI=1S/C38H43N5O2/c1-27(2)25-35(44)40-30-17-19-31(20-18-30)42-34-16-10-9-15-33(34)36(28-11-5-3-6-12-28)41-43(37(42)45)32-21-23-38(26-39,24-22-32)29-13-7-4-8-14-29/h4,7-10,13-20,27-28,32H,3,5-6,11-12,21-25H2,1-2H3,(H,40,44)/t32-,38-. The first-order chi connectivity index (χ1) is 21.9. The highest BCUT2D eigenvalue weighted by Gasteiger charge is 2.43. The quantitative estimate of drug-likeness (QED) is 0.293. The van der Waals surface area contributed by atoms with Crippen molar-refractivity contribution >= 4 is 34.7 Å². The largest absolute Gasteiger partial charge is 0.349 e. The van der Waals surface area contributed by atoms with Crippen LogP contribution in [0.25, 0.3) is 0 Å². The van der Waals surface area contributed by atoms with Gasteiger partial charge in [-0.3, -0.25) is 9.69 Å². The van der Waals surface area contributed by atoms with Gasteiger partial charge in [0.05, 0.1) is 34.6 Å². The third-order valence-electron chi connectivity index (χ3n) is 9.71. The van der Waals surface area contributed by atoms with Gasteiger partial charge in [-0.1, -0.05) is 81.6 Å². The van der Waals surface area contributed by atoms with Gasteiger partial charge in [-0.2, -0.15) is 10.4 Å². The van der Waals surface area contributed by atoms with Gasteiger partial charge in [0.15, 0.2) is 0 Å². The van der Waals surface area contributed by atoms with E-state index in [-0.39, 0.29) is 23.9 Å². The molecule has 0 saturated heterocycles. The summed E-state index contributed by atoms with van der Waals surface area (Å²) in [5, 5.41) is 20.3. The highest BCUT2D eigenvalue weighted by molar-refractivity contribution is 6.14. The lowest BCUT2D eigenvalue weighted by Crippen LogP contribution is -2.46. The minimum absolute atomic E-state index is 0.0214. The SMILES string of the molecule is CC(C)CC(=O)Nc1ccc(N2C(=O)N([C@H]3CC[C@](C#N)(c4ccccc4)CC3)N=C(C3CCCCC3)c3ccccc32)cc1.